The average Bonchev–Trinajstić information content (AvgIpc) is 2.64. The van der Waals surface area contributed by atoms with Crippen molar-refractivity contribution in [3.05, 3.63) is 46.4 Å². The molecule has 7 heteroatoms. The number of amides is 1. The molecule has 0 radical (unpaired) electrons. The molecule has 2 atom stereocenters. The third kappa shape index (κ3) is 2.59. The van der Waals surface area contributed by atoms with Crippen LogP contribution in [0.5, 0.6) is 0 Å². The van der Waals surface area contributed by atoms with Gasteiger partial charge in [-0.05, 0) is 31.6 Å². The number of benzene rings is 1. The van der Waals surface area contributed by atoms with Crippen molar-refractivity contribution >= 4 is 16.9 Å². The molecular weight excluding hydrogens is 268 g/mol. The van der Waals surface area contributed by atoms with E-state index >= 15 is 0 Å². The number of hydrogen-bond donors (Lipinski definition) is 2. The number of nitrogens with zero attached hydrogens (tertiary/aromatic N) is 1. The van der Waals surface area contributed by atoms with Gasteiger partial charge >= 0.3 is 0 Å². The largest absolute Gasteiger partial charge is 0.270 e. The molecule has 102 valence electrons. The highest BCUT2D eigenvalue weighted by Gasteiger charge is 2.37. The Bertz CT molecular complexity index is 544. The Balaban J connectivity index is 2.16. The van der Waals surface area contributed by atoms with Crippen molar-refractivity contribution < 1.29 is 19.1 Å². The van der Waals surface area contributed by atoms with Gasteiger partial charge < -0.3 is 0 Å². The van der Waals surface area contributed by atoms with E-state index < -0.39 is 23.1 Å². The highest BCUT2D eigenvalue weighted by molar-refractivity contribution is 7.86. The van der Waals surface area contributed by atoms with Gasteiger partial charge in [-0.2, -0.15) is 0 Å². The van der Waals surface area contributed by atoms with Crippen LogP contribution in [0, 0.1) is 0 Å². The number of carbonyl (C=O) groups excluding carboxylic acids is 1. The number of nitrogens with one attached hydrogen (secondary N) is 1. The lowest BCUT2D eigenvalue weighted by molar-refractivity contribution is -0.291. The van der Waals surface area contributed by atoms with E-state index in [1.807, 2.05) is 0 Å². The summed E-state index contributed by atoms with van der Waals surface area (Å²) in [6.07, 6.45) is -0.937. The Morgan fingerprint density at radius 3 is 2.58 bits per heavy atom. The SMILES string of the molecule is CC1=C(C)S(=O)N(NC(=O)c2ccccc2)[C@H]1OO. The molecule has 0 fully saturated rings. The van der Waals surface area contributed by atoms with Crippen molar-refractivity contribution in [3.63, 3.8) is 0 Å². The summed E-state index contributed by atoms with van der Waals surface area (Å²) in [6.45, 7) is 3.34. The van der Waals surface area contributed by atoms with E-state index in [9.17, 15) is 9.00 Å². The van der Waals surface area contributed by atoms with Crippen molar-refractivity contribution in [2.24, 2.45) is 0 Å². The first-order valence-electron chi connectivity index (χ1n) is 5.61. The minimum atomic E-state index is -1.56. The van der Waals surface area contributed by atoms with Crippen LogP contribution in [0.25, 0.3) is 0 Å². The van der Waals surface area contributed by atoms with Gasteiger partial charge in [-0.3, -0.25) is 10.2 Å². The third-order valence-electron chi connectivity index (χ3n) is 2.93. The predicted octanol–water partition coefficient (Wildman–Crippen LogP) is 1.42. The molecule has 1 aromatic carbocycles. The topological polar surface area (TPSA) is 78.9 Å². The monoisotopic (exact) mass is 282 g/mol. The van der Waals surface area contributed by atoms with E-state index in [2.05, 4.69) is 10.3 Å². The first-order valence-corrected chi connectivity index (χ1v) is 6.71. The Morgan fingerprint density at radius 2 is 2.00 bits per heavy atom. The lowest BCUT2D eigenvalue weighted by atomic mass is 10.2. The maximum absolute atomic E-state index is 12.0. The van der Waals surface area contributed by atoms with Gasteiger partial charge in [-0.15, -0.1) is 0 Å². The zero-order valence-electron chi connectivity index (χ0n) is 10.5. The maximum atomic E-state index is 12.0. The van der Waals surface area contributed by atoms with Crippen molar-refractivity contribution in [1.29, 1.82) is 0 Å². The fraction of sp³-hybridized carbons (Fsp3) is 0.250. The molecule has 19 heavy (non-hydrogen) atoms. The van der Waals surface area contributed by atoms with Crippen LogP contribution in [0.1, 0.15) is 24.2 Å². The van der Waals surface area contributed by atoms with Crippen LogP contribution in [0.15, 0.2) is 40.8 Å². The molecule has 1 aromatic rings. The molecule has 6 nitrogen and oxygen atoms in total. The number of carbonyl (C=O) groups is 1. The lowest BCUT2D eigenvalue weighted by Gasteiger charge is -2.21. The van der Waals surface area contributed by atoms with Gasteiger partial charge in [-0.25, -0.2) is 14.4 Å². The van der Waals surface area contributed by atoms with E-state index in [0.29, 0.717) is 16.0 Å². The molecule has 2 N–H and O–H groups in total. The normalized spacial score (nSPS) is 23.7. The average molecular weight is 282 g/mol. The van der Waals surface area contributed by atoms with Gasteiger partial charge in [0.05, 0.1) is 0 Å². The van der Waals surface area contributed by atoms with E-state index in [4.69, 9.17) is 5.26 Å². The second-order valence-electron chi connectivity index (χ2n) is 4.08. The summed E-state index contributed by atoms with van der Waals surface area (Å²) in [5, 5.41) is 8.86. The zero-order chi connectivity index (χ0) is 14.0. The number of hydrazine groups is 1. The van der Waals surface area contributed by atoms with E-state index in [-0.39, 0.29) is 0 Å². The Kier molecular flexibility index (Phi) is 4.11. The predicted molar refractivity (Wildman–Crippen MR) is 69.8 cm³/mol. The molecule has 1 unspecified atom stereocenters. The summed E-state index contributed by atoms with van der Waals surface area (Å²) >= 11 is 0. The molecule has 1 aliphatic rings. The summed E-state index contributed by atoms with van der Waals surface area (Å²) < 4.78 is 13.1. The summed E-state index contributed by atoms with van der Waals surface area (Å²) in [7, 11) is -1.56. The molecule has 2 rings (SSSR count). The van der Waals surface area contributed by atoms with Crippen molar-refractivity contribution in [2.75, 3.05) is 0 Å². The molecule has 1 heterocycles. The zero-order valence-corrected chi connectivity index (χ0v) is 11.3. The lowest BCUT2D eigenvalue weighted by Crippen LogP contribution is -2.47. The highest BCUT2D eigenvalue weighted by Crippen LogP contribution is 2.27. The summed E-state index contributed by atoms with van der Waals surface area (Å²) in [6, 6.07) is 8.52. The summed E-state index contributed by atoms with van der Waals surface area (Å²) in [4.78, 5) is 16.8. The van der Waals surface area contributed by atoms with E-state index in [0.717, 1.165) is 4.41 Å². The molecular formula is C12H14N2O4S. The molecule has 0 aromatic heterocycles. The van der Waals surface area contributed by atoms with Crippen LogP contribution in [0.2, 0.25) is 0 Å². The van der Waals surface area contributed by atoms with Crippen LogP contribution >= 0.6 is 0 Å². The van der Waals surface area contributed by atoms with Crippen LogP contribution < -0.4 is 5.43 Å². The molecule has 0 spiro atoms. The van der Waals surface area contributed by atoms with Crippen molar-refractivity contribution in [3.8, 4) is 0 Å². The first kappa shape index (κ1) is 13.9. The fourth-order valence-electron chi connectivity index (χ4n) is 1.70. The molecule has 0 bridgehead atoms. The summed E-state index contributed by atoms with van der Waals surface area (Å²) in [5.74, 6) is -0.418. The Hall–Kier alpha value is -1.54. The summed E-state index contributed by atoms with van der Waals surface area (Å²) in [5.41, 5.74) is 3.51. The number of hydrogen-bond acceptors (Lipinski definition) is 4. The second-order valence-corrected chi connectivity index (χ2v) is 5.58. The highest BCUT2D eigenvalue weighted by atomic mass is 32.2. The van der Waals surface area contributed by atoms with Gasteiger partial charge in [0.1, 0.15) is 11.0 Å². The van der Waals surface area contributed by atoms with Crippen molar-refractivity contribution in [2.45, 2.75) is 20.1 Å². The van der Waals surface area contributed by atoms with E-state index in [1.165, 1.54) is 0 Å². The molecule has 0 saturated carbocycles. The van der Waals surface area contributed by atoms with Gasteiger partial charge in [0, 0.05) is 10.5 Å². The molecule has 0 aliphatic carbocycles. The fourth-order valence-corrected chi connectivity index (χ4v) is 2.91. The minimum absolute atomic E-state index is 0.418. The quantitative estimate of drug-likeness (QED) is 0.649. The van der Waals surface area contributed by atoms with Gasteiger partial charge in [0.2, 0.25) is 0 Å². The Labute approximate surface area is 113 Å². The van der Waals surface area contributed by atoms with Crippen molar-refractivity contribution in [1.82, 2.24) is 9.84 Å². The van der Waals surface area contributed by atoms with E-state index in [1.54, 1.807) is 44.2 Å². The number of allylic oxidation sites excluding steroid dienone is 1. The van der Waals surface area contributed by atoms with Crippen LogP contribution in [0.3, 0.4) is 0 Å². The van der Waals surface area contributed by atoms with Crippen LogP contribution in [0.4, 0.5) is 0 Å². The smallest absolute Gasteiger partial charge is 0.266 e. The maximum Gasteiger partial charge on any atom is 0.266 e. The number of rotatable bonds is 3. The molecule has 1 amide bonds. The first-order chi connectivity index (χ1) is 9.06. The molecule has 0 saturated heterocycles. The van der Waals surface area contributed by atoms with Gasteiger partial charge in [0.25, 0.3) is 5.91 Å². The van der Waals surface area contributed by atoms with Gasteiger partial charge in [-0.1, -0.05) is 22.6 Å². The standard InChI is InChI=1S/C12H14N2O4S/c1-8-9(2)19(17)14(12(8)18-16)13-11(15)10-6-4-3-5-7-10/h3-7,12,16H,1-2H3,(H,13,15)/t12-,19?/m0/s1. The second kappa shape index (κ2) is 5.62. The van der Waals surface area contributed by atoms with Crippen LogP contribution in [-0.4, -0.2) is 26.0 Å². The minimum Gasteiger partial charge on any atom is -0.270 e. The van der Waals surface area contributed by atoms with Crippen LogP contribution in [-0.2, 0) is 15.9 Å². The third-order valence-corrected chi connectivity index (χ3v) is 4.41. The Morgan fingerprint density at radius 1 is 1.37 bits per heavy atom. The molecule has 1 aliphatic heterocycles. The van der Waals surface area contributed by atoms with Gasteiger partial charge in [0.15, 0.2) is 6.23 Å².